The molecule has 0 aromatic carbocycles. The maximum absolute atomic E-state index is 4.55. The molecule has 0 atom stereocenters. The molecule has 4 rings (SSSR count). The summed E-state index contributed by atoms with van der Waals surface area (Å²) >= 11 is 0. The molecule has 1 aliphatic rings. The van der Waals surface area contributed by atoms with E-state index in [-0.39, 0.29) is 0 Å². The first kappa shape index (κ1) is 11.3. The molecular weight excluding hydrogens is 252 g/mol. The summed E-state index contributed by atoms with van der Waals surface area (Å²) in [5, 5.41) is 12.9. The van der Waals surface area contributed by atoms with Gasteiger partial charge in [-0.15, -0.1) is 5.10 Å². The van der Waals surface area contributed by atoms with Gasteiger partial charge in [0.1, 0.15) is 11.4 Å². The van der Waals surface area contributed by atoms with Crippen LogP contribution in [0, 0.1) is 0 Å². The van der Waals surface area contributed by atoms with Crippen LogP contribution < -0.4 is 0 Å². The second-order valence-electron chi connectivity index (χ2n) is 5.03. The van der Waals surface area contributed by atoms with Crippen LogP contribution in [0.4, 0.5) is 0 Å². The number of rotatable bonds is 4. The summed E-state index contributed by atoms with van der Waals surface area (Å²) in [5.74, 6) is 0. The molecule has 1 saturated carbocycles. The quantitative estimate of drug-likeness (QED) is 0.723. The average Bonchev–Trinajstić information content (AvgIpc) is 3.03. The molecule has 3 heterocycles. The van der Waals surface area contributed by atoms with Gasteiger partial charge in [0.2, 0.25) is 0 Å². The Balaban J connectivity index is 1.54. The van der Waals surface area contributed by atoms with Gasteiger partial charge in [-0.25, -0.2) is 4.68 Å². The molecule has 100 valence electrons. The molecule has 0 N–H and O–H groups in total. The first-order chi connectivity index (χ1) is 9.88. The van der Waals surface area contributed by atoms with E-state index in [9.17, 15) is 0 Å². The summed E-state index contributed by atoms with van der Waals surface area (Å²) in [7, 11) is 0. The number of hydrogen-bond acceptors (Lipinski definition) is 4. The van der Waals surface area contributed by atoms with Crippen molar-refractivity contribution in [1.82, 2.24) is 29.8 Å². The molecule has 0 spiro atoms. The Bertz CT molecular complexity index is 710. The van der Waals surface area contributed by atoms with Gasteiger partial charge in [0.15, 0.2) is 0 Å². The standard InChI is InChI=1S/C14H14N6/c1-2-7-15-11(3-1)9-19-10-14(16-18-19)13-6-8-20(17-13)12-4-5-12/h1-3,6-8,10,12H,4-5,9H2. The zero-order valence-corrected chi connectivity index (χ0v) is 10.9. The van der Waals surface area contributed by atoms with E-state index in [1.54, 1.807) is 10.9 Å². The molecule has 1 aliphatic carbocycles. The highest BCUT2D eigenvalue weighted by molar-refractivity contribution is 5.51. The highest BCUT2D eigenvalue weighted by Crippen LogP contribution is 2.34. The van der Waals surface area contributed by atoms with Gasteiger partial charge in [0.05, 0.1) is 24.5 Å². The van der Waals surface area contributed by atoms with Crippen molar-refractivity contribution in [3.05, 3.63) is 48.5 Å². The number of pyridine rings is 1. The summed E-state index contributed by atoms with van der Waals surface area (Å²) in [6.07, 6.45) is 8.17. The van der Waals surface area contributed by atoms with E-state index in [2.05, 4.69) is 20.4 Å². The van der Waals surface area contributed by atoms with Crippen molar-refractivity contribution in [3.8, 4) is 11.4 Å². The van der Waals surface area contributed by atoms with Crippen molar-refractivity contribution >= 4 is 0 Å². The van der Waals surface area contributed by atoms with Crippen LogP contribution in [-0.2, 0) is 6.54 Å². The SMILES string of the molecule is c1ccc(Cn2cc(-c3ccn(C4CC4)n3)nn2)nc1. The summed E-state index contributed by atoms with van der Waals surface area (Å²) in [6, 6.07) is 8.43. The van der Waals surface area contributed by atoms with E-state index in [0.29, 0.717) is 12.6 Å². The van der Waals surface area contributed by atoms with Crippen molar-refractivity contribution in [2.45, 2.75) is 25.4 Å². The summed E-state index contributed by atoms with van der Waals surface area (Å²) < 4.78 is 3.81. The zero-order valence-electron chi connectivity index (χ0n) is 10.9. The van der Waals surface area contributed by atoms with Crippen molar-refractivity contribution in [3.63, 3.8) is 0 Å². The molecular formula is C14H14N6. The van der Waals surface area contributed by atoms with Gasteiger partial charge in [-0.1, -0.05) is 11.3 Å². The fourth-order valence-electron chi connectivity index (χ4n) is 2.17. The van der Waals surface area contributed by atoms with E-state index < -0.39 is 0 Å². The van der Waals surface area contributed by atoms with Crippen LogP contribution in [0.3, 0.4) is 0 Å². The summed E-state index contributed by atoms with van der Waals surface area (Å²) in [6.45, 7) is 0.622. The van der Waals surface area contributed by atoms with Gasteiger partial charge < -0.3 is 0 Å². The fraction of sp³-hybridized carbons (Fsp3) is 0.286. The third kappa shape index (κ3) is 2.20. The summed E-state index contributed by atoms with van der Waals surface area (Å²) in [5.41, 5.74) is 2.65. The molecule has 0 radical (unpaired) electrons. The van der Waals surface area contributed by atoms with Crippen LogP contribution in [0.15, 0.2) is 42.9 Å². The van der Waals surface area contributed by atoms with E-state index in [1.807, 2.05) is 41.3 Å². The first-order valence-corrected chi connectivity index (χ1v) is 6.74. The van der Waals surface area contributed by atoms with Gasteiger partial charge in [-0.05, 0) is 31.0 Å². The van der Waals surface area contributed by atoms with Gasteiger partial charge >= 0.3 is 0 Å². The second-order valence-corrected chi connectivity index (χ2v) is 5.03. The lowest BCUT2D eigenvalue weighted by molar-refractivity contribution is 0.638. The van der Waals surface area contributed by atoms with E-state index >= 15 is 0 Å². The van der Waals surface area contributed by atoms with E-state index in [1.165, 1.54) is 12.8 Å². The van der Waals surface area contributed by atoms with Crippen LogP contribution in [-0.4, -0.2) is 29.8 Å². The molecule has 0 aliphatic heterocycles. The van der Waals surface area contributed by atoms with E-state index in [0.717, 1.165) is 17.1 Å². The van der Waals surface area contributed by atoms with Gasteiger partial charge in [0, 0.05) is 12.4 Å². The summed E-state index contributed by atoms with van der Waals surface area (Å²) in [4.78, 5) is 4.28. The van der Waals surface area contributed by atoms with Gasteiger partial charge in [-0.2, -0.15) is 5.10 Å². The topological polar surface area (TPSA) is 61.4 Å². The average molecular weight is 266 g/mol. The second kappa shape index (κ2) is 4.56. The van der Waals surface area contributed by atoms with Crippen molar-refractivity contribution < 1.29 is 0 Å². The lowest BCUT2D eigenvalue weighted by atomic mass is 10.3. The van der Waals surface area contributed by atoms with Gasteiger partial charge in [0.25, 0.3) is 0 Å². The molecule has 0 bridgehead atoms. The Morgan fingerprint density at radius 2 is 2.10 bits per heavy atom. The Morgan fingerprint density at radius 1 is 1.15 bits per heavy atom. The predicted octanol–water partition coefficient (Wildman–Crippen LogP) is 1.92. The Morgan fingerprint density at radius 3 is 2.90 bits per heavy atom. The smallest absolute Gasteiger partial charge is 0.133 e. The largest absolute Gasteiger partial charge is 0.269 e. The highest BCUT2D eigenvalue weighted by atomic mass is 15.4. The molecule has 6 nitrogen and oxygen atoms in total. The molecule has 3 aromatic rings. The van der Waals surface area contributed by atoms with Crippen molar-refractivity contribution in [2.24, 2.45) is 0 Å². The minimum Gasteiger partial charge on any atom is -0.269 e. The van der Waals surface area contributed by atoms with Crippen molar-refractivity contribution in [2.75, 3.05) is 0 Å². The van der Waals surface area contributed by atoms with Crippen LogP contribution >= 0.6 is 0 Å². The third-order valence-corrected chi connectivity index (χ3v) is 3.38. The van der Waals surface area contributed by atoms with Crippen LogP contribution in [0.5, 0.6) is 0 Å². The molecule has 3 aromatic heterocycles. The molecule has 0 saturated heterocycles. The van der Waals surface area contributed by atoms with Crippen LogP contribution in [0.1, 0.15) is 24.6 Å². The minimum atomic E-state index is 0.590. The predicted molar refractivity (Wildman–Crippen MR) is 72.9 cm³/mol. The molecule has 1 fully saturated rings. The molecule has 20 heavy (non-hydrogen) atoms. The zero-order chi connectivity index (χ0) is 13.4. The van der Waals surface area contributed by atoms with Gasteiger partial charge in [-0.3, -0.25) is 9.67 Å². The normalized spacial score (nSPS) is 14.6. The maximum atomic E-state index is 4.55. The first-order valence-electron chi connectivity index (χ1n) is 6.74. The highest BCUT2D eigenvalue weighted by Gasteiger charge is 2.24. The number of aromatic nitrogens is 6. The lowest BCUT2D eigenvalue weighted by Crippen LogP contribution is -2.01. The van der Waals surface area contributed by atoms with Crippen LogP contribution in [0.25, 0.3) is 11.4 Å². The minimum absolute atomic E-state index is 0.590. The van der Waals surface area contributed by atoms with E-state index in [4.69, 9.17) is 0 Å². The monoisotopic (exact) mass is 266 g/mol. The molecule has 0 unspecified atom stereocenters. The number of nitrogens with zero attached hydrogens (tertiary/aromatic N) is 6. The Kier molecular flexibility index (Phi) is 2.58. The molecule has 6 heteroatoms. The number of hydrogen-bond donors (Lipinski definition) is 0. The lowest BCUT2D eigenvalue weighted by Gasteiger charge is -1.98. The Hall–Kier alpha value is -2.50. The maximum Gasteiger partial charge on any atom is 0.133 e. The third-order valence-electron chi connectivity index (χ3n) is 3.38. The molecule has 0 amide bonds. The Labute approximate surface area is 116 Å². The fourth-order valence-corrected chi connectivity index (χ4v) is 2.17. The van der Waals surface area contributed by atoms with Crippen molar-refractivity contribution in [1.29, 1.82) is 0 Å². The van der Waals surface area contributed by atoms with Crippen LogP contribution in [0.2, 0.25) is 0 Å².